The molecule has 1 aliphatic heterocycles. The summed E-state index contributed by atoms with van der Waals surface area (Å²) in [5, 5.41) is 0. The highest BCUT2D eigenvalue weighted by molar-refractivity contribution is 4.93. The van der Waals surface area contributed by atoms with Gasteiger partial charge in [-0.05, 0) is 39.2 Å². The molecule has 2 heteroatoms. The van der Waals surface area contributed by atoms with E-state index in [-0.39, 0.29) is 0 Å². The van der Waals surface area contributed by atoms with E-state index in [1.165, 1.54) is 45.1 Å². The average Bonchev–Trinajstić information content (AvgIpc) is 2.54. The van der Waals surface area contributed by atoms with E-state index in [9.17, 15) is 0 Å². The predicted molar refractivity (Wildman–Crippen MR) is 55.7 cm³/mol. The lowest BCUT2D eigenvalue weighted by molar-refractivity contribution is 0.0768. The lowest BCUT2D eigenvalue weighted by atomic mass is 9.93. The third-order valence-corrected chi connectivity index (χ3v) is 3.90. The first-order valence-electron chi connectivity index (χ1n) is 5.71. The van der Waals surface area contributed by atoms with Crippen molar-refractivity contribution in [1.82, 2.24) is 4.90 Å². The number of hydrogen-bond donors (Lipinski definition) is 1. The Morgan fingerprint density at radius 3 is 2.54 bits per heavy atom. The molecule has 1 heterocycles. The maximum atomic E-state index is 6.01. The van der Waals surface area contributed by atoms with Crippen molar-refractivity contribution in [2.75, 3.05) is 13.1 Å². The van der Waals surface area contributed by atoms with E-state index < -0.39 is 0 Å². The smallest absolute Gasteiger partial charge is 0.0182 e. The van der Waals surface area contributed by atoms with Crippen LogP contribution in [-0.2, 0) is 0 Å². The first-order chi connectivity index (χ1) is 6.21. The highest BCUT2D eigenvalue weighted by Gasteiger charge is 2.36. The second-order valence-electron chi connectivity index (χ2n) is 5.05. The Kier molecular flexibility index (Phi) is 2.61. The topological polar surface area (TPSA) is 29.3 Å². The van der Waals surface area contributed by atoms with E-state index in [4.69, 9.17) is 5.73 Å². The summed E-state index contributed by atoms with van der Waals surface area (Å²) in [6.07, 6.45) is 8.15. The Balaban J connectivity index is 1.98. The predicted octanol–water partition coefficient (Wildman–Crippen LogP) is 1.74. The first-order valence-corrected chi connectivity index (χ1v) is 5.71. The van der Waals surface area contributed by atoms with Gasteiger partial charge in [0, 0.05) is 18.1 Å². The van der Waals surface area contributed by atoms with Gasteiger partial charge in [0.1, 0.15) is 0 Å². The van der Waals surface area contributed by atoms with Crippen LogP contribution in [0.1, 0.15) is 45.4 Å². The molecule has 0 amide bonds. The monoisotopic (exact) mass is 182 g/mol. The highest BCUT2D eigenvalue weighted by atomic mass is 15.2. The zero-order valence-corrected chi connectivity index (χ0v) is 8.76. The minimum absolute atomic E-state index is 0.436. The molecule has 0 aromatic carbocycles. The van der Waals surface area contributed by atoms with Gasteiger partial charge in [-0.3, -0.25) is 4.90 Å². The standard InChI is InChI=1S/C11H22N2/c1-11(6-2-3-7-11)13-8-4-5-10(12)9-13/h10H,2-9,12H2,1H3. The first kappa shape index (κ1) is 9.47. The molecule has 2 N–H and O–H groups in total. The van der Waals surface area contributed by atoms with Gasteiger partial charge in [-0.2, -0.15) is 0 Å². The van der Waals surface area contributed by atoms with E-state index in [0.29, 0.717) is 11.6 Å². The normalized spacial score (nSPS) is 35.1. The molecule has 0 aromatic heterocycles. The SMILES string of the molecule is CC1(N2CCCC(N)C2)CCCC1. The fraction of sp³-hybridized carbons (Fsp3) is 1.00. The number of likely N-dealkylation sites (tertiary alicyclic amines) is 1. The number of nitrogens with zero attached hydrogens (tertiary/aromatic N) is 1. The van der Waals surface area contributed by atoms with Gasteiger partial charge >= 0.3 is 0 Å². The molecule has 2 aliphatic rings. The van der Waals surface area contributed by atoms with Crippen LogP contribution in [0.2, 0.25) is 0 Å². The summed E-state index contributed by atoms with van der Waals surface area (Å²) in [4.78, 5) is 2.65. The van der Waals surface area contributed by atoms with Crippen molar-refractivity contribution in [2.45, 2.75) is 57.0 Å². The quantitative estimate of drug-likeness (QED) is 0.669. The Morgan fingerprint density at radius 2 is 1.92 bits per heavy atom. The summed E-state index contributed by atoms with van der Waals surface area (Å²) >= 11 is 0. The van der Waals surface area contributed by atoms with Crippen LogP contribution in [0.5, 0.6) is 0 Å². The molecule has 0 aromatic rings. The van der Waals surface area contributed by atoms with Gasteiger partial charge in [0.2, 0.25) is 0 Å². The molecular formula is C11H22N2. The minimum atomic E-state index is 0.436. The molecule has 13 heavy (non-hydrogen) atoms. The van der Waals surface area contributed by atoms with E-state index in [1.807, 2.05) is 0 Å². The van der Waals surface area contributed by atoms with Crippen LogP contribution in [0.25, 0.3) is 0 Å². The van der Waals surface area contributed by atoms with Crippen LogP contribution >= 0.6 is 0 Å². The molecule has 1 saturated heterocycles. The summed E-state index contributed by atoms with van der Waals surface area (Å²) in [6, 6.07) is 0.436. The van der Waals surface area contributed by atoms with Crippen LogP contribution in [-0.4, -0.2) is 29.6 Å². The van der Waals surface area contributed by atoms with Crippen molar-refractivity contribution in [1.29, 1.82) is 0 Å². The van der Waals surface area contributed by atoms with Gasteiger partial charge in [0.15, 0.2) is 0 Å². The molecule has 76 valence electrons. The summed E-state index contributed by atoms with van der Waals surface area (Å²) < 4.78 is 0. The summed E-state index contributed by atoms with van der Waals surface area (Å²) in [7, 11) is 0. The lowest BCUT2D eigenvalue weighted by Gasteiger charge is -2.43. The van der Waals surface area contributed by atoms with Crippen molar-refractivity contribution >= 4 is 0 Å². The van der Waals surface area contributed by atoms with E-state index in [0.717, 1.165) is 6.54 Å². The van der Waals surface area contributed by atoms with Crippen LogP contribution in [0, 0.1) is 0 Å². The maximum Gasteiger partial charge on any atom is 0.0182 e. The van der Waals surface area contributed by atoms with Crippen LogP contribution < -0.4 is 5.73 Å². The third kappa shape index (κ3) is 1.89. The zero-order chi connectivity index (χ0) is 9.31. The van der Waals surface area contributed by atoms with Crippen molar-refractivity contribution in [3.8, 4) is 0 Å². The lowest BCUT2D eigenvalue weighted by Crippen LogP contribution is -2.52. The average molecular weight is 182 g/mol. The van der Waals surface area contributed by atoms with Crippen molar-refractivity contribution in [3.63, 3.8) is 0 Å². The van der Waals surface area contributed by atoms with Crippen LogP contribution in [0.15, 0.2) is 0 Å². The molecule has 0 bridgehead atoms. The number of hydrogen-bond acceptors (Lipinski definition) is 2. The maximum absolute atomic E-state index is 6.01. The molecule has 0 radical (unpaired) electrons. The van der Waals surface area contributed by atoms with Crippen LogP contribution in [0.3, 0.4) is 0 Å². The Bertz CT molecular complexity index is 173. The Morgan fingerprint density at radius 1 is 1.23 bits per heavy atom. The molecule has 0 spiro atoms. The van der Waals surface area contributed by atoms with Gasteiger partial charge in [-0.1, -0.05) is 12.8 Å². The third-order valence-electron chi connectivity index (χ3n) is 3.90. The van der Waals surface area contributed by atoms with E-state index in [2.05, 4.69) is 11.8 Å². The van der Waals surface area contributed by atoms with Gasteiger partial charge in [-0.25, -0.2) is 0 Å². The number of rotatable bonds is 1. The molecule has 1 aliphatic carbocycles. The summed E-state index contributed by atoms with van der Waals surface area (Å²) in [5.74, 6) is 0. The second kappa shape index (κ2) is 3.58. The van der Waals surface area contributed by atoms with E-state index >= 15 is 0 Å². The highest BCUT2D eigenvalue weighted by Crippen LogP contribution is 2.36. The molecule has 1 atom stereocenters. The van der Waals surface area contributed by atoms with Gasteiger partial charge < -0.3 is 5.73 Å². The Labute approximate surface area is 81.5 Å². The second-order valence-corrected chi connectivity index (χ2v) is 5.05. The Hall–Kier alpha value is -0.0800. The molecule has 2 nitrogen and oxygen atoms in total. The number of piperidine rings is 1. The largest absolute Gasteiger partial charge is 0.327 e. The van der Waals surface area contributed by atoms with Gasteiger partial charge in [0.05, 0.1) is 0 Å². The fourth-order valence-electron chi connectivity index (χ4n) is 2.95. The fourth-order valence-corrected chi connectivity index (χ4v) is 2.95. The van der Waals surface area contributed by atoms with Gasteiger partial charge in [-0.15, -0.1) is 0 Å². The van der Waals surface area contributed by atoms with Crippen molar-refractivity contribution < 1.29 is 0 Å². The zero-order valence-electron chi connectivity index (χ0n) is 8.76. The van der Waals surface area contributed by atoms with Crippen molar-refractivity contribution in [2.24, 2.45) is 5.73 Å². The van der Waals surface area contributed by atoms with Crippen molar-refractivity contribution in [3.05, 3.63) is 0 Å². The summed E-state index contributed by atoms with van der Waals surface area (Å²) in [5.41, 5.74) is 6.51. The minimum Gasteiger partial charge on any atom is -0.327 e. The molecule has 2 rings (SSSR count). The molecule has 1 saturated carbocycles. The van der Waals surface area contributed by atoms with Gasteiger partial charge in [0.25, 0.3) is 0 Å². The van der Waals surface area contributed by atoms with Crippen LogP contribution in [0.4, 0.5) is 0 Å². The number of nitrogens with two attached hydrogens (primary N) is 1. The van der Waals surface area contributed by atoms with E-state index in [1.54, 1.807) is 0 Å². The molecule has 2 fully saturated rings. The molecule has 1 unspecified atom stereocenters. The summed E-state index contributed by atoms with van der Waals surface area (Å²) in [6.45, 7) is 4.85. The molecular weight excluding hydrogens is 160 g/mol.